The molecule has 0 saturated carbocycles. The third-order valence-electron chi connectivity index (χ3n) is 3.37. The Bertz CT molecular complexity index is 501. The van der Waals surface area contributed by atoms with E-state index in [-0.39, 0.29) is 6.04 Å². The molecule has 0 aliphatic carbocycles. The minimum absolute atomic E-state index is 0.00509. The maximum absolute atomic E-state index is 5.86. The largest absolute Gasteiger partial charge is 0.459 e. The van der Waals surface area contributed by atoms with Crippen molar-refractivity contribution in [2.45, 2.75) is 6.04 Å². The molecule has 1 atom stereocenters. The number of para-hydroxylation sites is 1. The van der Waals surface area contributed by atoms with Crippen LogP contribution in [0.4, 0.5) is 0 Å². The fourth-order valence-corrected chi connectivity index (χ4v) is 2.32. The topological polar surface area (TPSA) is 63.7 Å². The Morgan fingerprint density at radius 2 is 2.05 bits per heavy atom. The number of hydrazine groups is 1. The second-order valence-corrected chi connectivity index (χ2v) is 4.70. The highest BCUT2D eigenvalue weighted by atomic mass is 16.5. The zero-order valence-corrected chi connectivity index (χ0v) is 10.8. The van der Waals surface area contributed by atoms with Gasteiger partial charge < -0.3 is 14.9 Å². The number of nitrogens with two attached hydrogens (primary N) is 1. The molecule has 3 rings (SSSR count). The normalized spacial score (nSPS) is 18.8. The van der Waals surface area contributed by atoms with Crippen LogP contribution in [0.2, 0.25) is 0 Å². The van der Waals surface area contributed by atoms with Gasteiger partial charge in [0.15, 0.2) is 0 Å². The highest BCUT2D eigenvalue weighted by Gasteiger charge is 2.19. The molecular formula is C14H19N3O2. The van der Waals surface area contributed by atoms with Crippen LogP contribution in [0.3, 0.4) is 0 Å². The molecule has 2 heterocycles. The lowest BCUT2D eigenvalue weighted by atomic mass is 10.2. The highest BCUT2D eigenvalue weighted by Crippen LogP contribution is 2.23. The van der Waals surface area contributed by atoms with E-state index in [1.54, 1.807) is 0 Å². The van der Waals surface area contributed by atoms with Crippen LogP contribution in [0.1, 0.15) is 11.8 Å². The van der Waals surface area contributed by atoms with Crippen LogP contribution in [0.25, 0.3) is 11.0 Å². The van der Waals surface area contributed by atoms with Gasteiger partial charge in [-0.05, 0) is 12.1 Å². The maximum Gasteiger partial charge on any atom is 0.134 e. The molecule has 1 aromatic carbocycles. The van der Waals surface area contributed by atoms with E-state index in [1.807, 2.05) is 24.3 Å². The molecular weight excluding hydrogens is 242 g/mol. The van der Waals surface area contributed by atoms with Crippen molar-refractivity contribution in [1.82, 2.24) is 10.4 Å². The van der Waals surface area contributed by atoms with E-state index in [2.05, 4.69) is 16.5 Å². The summed E-state index contributed by atoms with van der Waals surface area (Å²) < 4.78 is 11.2. The molecule has 1 fully saturated rings. The zero-order chi connectivity index (χ0) is 13.1. The molecule has 1 aliphatic rings. The van der Waals surface area contributed by atoms with Crippen molar-refractivity contribution in [2.75, 3.05) is 32.8 Å². The number of hydrogen-bond acceptors (Lipinski definition) is 5. The molecule has 1 unspecified atom stereocenters. The van der Waals surface area contributed by atoms with Gasteiger partial charge in [0.2, 0.25) is 0 Å². The second-order valence-electron chi connectivity index (χ2n) is 4.70. The monoisotopic (exact) mass is 261 g/mol. The average molecular weight is 261 g/mol. The molecule has 102 valence electrons. The van der Waals surface area contributed by atoms with Crippen molar-refractivity contribution in [2.24, 2.45) is 5.73 Å². The van der Waals surface area contributed by atoms with Gasteiger partial charge in [-0.2, -0.15) is 0 Å². The zero-order valence-electron chi connectivity index (χ0n) is 10.8. The molecule has 3 N–H and O–H groups in total. The van der Waals surface area contributed by atoms with Crippen LogP contribution in [-0.4, -0.2) is 37.9 Å². The molecule has 0 bridgehead atoms. The van der Waals surface area contributed by atoms with Gasteiger partial charge in [-0.25, -0.2) is 10.4 Å². The Balaban J connectivity index is 1.76. The van der Waals surface area contributed by atoms with E-state index in [0.29, 0.717) is 6.54 Å². The Labute approximate surface area is 112 Å². The summed E-state index contributed by atoms with van der Waals surface area (Å²) in [4.78, 5) is 0. The maximum atomic E-state index is 5.86. The number of fused-ring (bicyclic) bond motifs is 1. The summed E-state index contributed by atoms with van der Waals surface area (Å²) in [5, 5.41) is 3.26. The minimum Gasteiger partial charge on any atom is -0.459 e. The second kappa shape index (κ2) is 5.71. The smallest absolute Gasteiger partial charge is 0.134 e. The number of hydrogen-bond donors (Lipinski definition) is 2. The number of nitrogens with zero attached hydrogens (tertiary/aromatic N) is 1. The van der Waals surface area contributed by atoms with Crippen molar-refractivity contribution < 1.29 is 9.15 Å². The van der Waals surface area contributed by atoms with Crippen molar-refractivity contribution in [1.29, 1.82) is 0 Å². The standard InChI is InChI=1S/C14H19N3O2/c15-10-12(16-17-5-7-18-8-6-17)14-9-11-3-1-2-4-13(11)19-14/h1-4,9,12,16H,5-8,10,15H2. The van der Waals surface area contributed by atoms with E-state index in [1.165, 1.54) is 0 Å². The summed E-state index contributed by atoms with van der Waals surface area (Å²) in [6.07, 6.45) is 0. The SMILES string of the molecule is NCC(NN1CCOCC1)c1cc2ccccc2o1. The molecule has 19 heavy (non-hydrogen) atoms. The van der Waals surface area contributed by atoms with E-state index >= 15 is 0 Å². The molecule has 0 spiro atoms. The number of nitrogens with one attached hydrogen (secondary N) is 1. The Kier molecular flexibility index (Phi) is 3.79. The van der Waals surface area contributed by atoms with Crippen LogP contribution in [-0.2, 0) is 4.74 Å². The molecule has 5 nitrogen and oxygen atoms in total. The number of benzene rings is 1. The van der Waals surface area contributed by atoms with Crippen LogP contribution in [0.15, 0.2) is 34.7 Å². The van der Waals surface area contributed by atoms with Gasteiger partial charge in [0.05, 0.1) is 19.3 Å². The first-order valence-electron chi connectivity index (χ1n) is 6.64. The van der Waals surface area contributed by atoms with Crippen molar-refractivity contribution >= 4 is 11.0 Å². The number of ether oxygens (including phenoxy) is 1. The van der Waals surface area contributed by atoms with E-state index in [9.17, 15) is 0 Å². The van der Waals surface area contributed by atoms with Crippen LogP contribution >= 0.6 is 0 Å². The summed E-state index contributed by atoms with van der Waals surface area (Å²) in [6, 6.07) is 10.1. The van der Waals surface area contributed by atoms with Gasteiger partial charge in [-0.15, -0.1) is 0 Å². The van der Waals surface area contributed by atoms with Crippen molar-refractivity contribution in [3.05, 3.63) is 36.1 Å². The summed E-state index contributed by atoms with van der Waals surface area (Å²) in [5.74, 6) is 0.884. The molecule has 0 radical (unpaired) electrons. The first-order valence-corrected chi connectivity index (χ1v) is 6.64. The number of furan rings is 1. The van der Waals surface area contributed by atoms with Crippen LogP contribution in [0.5, 0.6) is 0 Å². The van der Waals surface area contributed by atoms with Gasteiger partial charge in [-0.1, -0.05) is 18.2 Å². The Morgan fingerprint density at radius 3 is 2.79 bits per heavy atom. The van der Waals surface area contributed by atoms with E-state index in [0.717, 1.165) is 43.0 Å². The predicted molar refractivity (Wildman–Crippen MR) is 73.5 cm³/mol. The van der Waals surface area contributed by atoms with Crippen molar-refractivity contribution in [3.8, 4) is 0 Å². The third kappa shape index (κ3) is 2.79. The Hall–Kier alpha value is -1.40. The fourth-order valence-electron chi connectivity index (χ4n) is 2.32. The van der Waals surface area contributed by atoms with Crippen LogP contribution < -0.4 is 11.2 Å². The molecule has 0 amide bonds. The highest BCUT2D eigenvalue weighted by molar-refractivity contribution is 5.77. The van der Waals surface area contributed by atoms with Gasteiger partial charge in [0.1, 0.15) is 11.3 Å². The Morgan fingerprint density at radius 1 is 1.26 bits per heavy atom. The average Bonchev–Trinajstić information content (AvgIpc) is 2.89. The molecule has 1 saturated heterocycles. The molecule has 5 heteroatoms. The quantitative estimate of drug-likeness (QED) is 0.867. The lowest BCUT2D eigenvalue weighted by Gasteiger charge is -2.30. The first kappa shape index (κ1) is 12.6. The fraction of sp³-hybridized carbons (Fsp3) is 0.429. The minimum atomic E-state index is 0.00509. The van der Waals surface area contributed by atoms with Gasteiger partial charge in [0, 0.05) is 25.0 Å². The lowest BCUT2D eigenvalue weighted by molar-refractivity contribution is 0.00245. The van der Waals surface area contributed by atoms with Crippen LogP contribution in [0, 0.1) is 0 Å². The van der Waals surface area contributed by atoms with Gasteiger partial charge in [-0.3, -0.25) is 0 Å². The van der Waals surface area contributed by atoms with Gasteiger partial charge >= 0.3 is 0 Å². The lowest BCUT2D eigenvalue weighted by Crippen LogP contribution is -2.48. The summed E-state index contributed by atoms with van der Waals surface area (Å²) in [6.45, 7) is 3.75. The molecule has 2 aromatic rings. The van der Waals surface area contributed by atoms with E-state index < -0.39 is 0 Å². The third-order valence-corrected chi connectivity index (χ3v) is 3.37. The summed E-state index contributed by atoms with van der Waals surface area (Å²) in [5.41, 5.74) is 10.2. The summed E-state index contributed by atoms with van der Waals surface area (Å²) in [7, 11) is 0. The van der Waals surface area contributed by atoms with Crippen molar-refractivity contribution in [3.63, 3.8) is 0 Å². The predicted octanol–water partition coefficient (Wildman–Crippen LogP) is 1.27. The van der Waals surface area contributed by atoms with Gasteiger partial charge in [0.25, 0.3) is 0 Å². The first-order chi connectivity index (χ1) is 9.36. The number of morpholine rings is 1. The molecule has 1 aromatic heterocycles. The molecule has 1 aliphatic heterocycles. The number of rotatable bonds is 4. The van der Waals surface area contributed by atoms with E-state index in [4.69, 9.17) is 14.9 Å². The summed E-state index contributed by atoms with van der Waals surface area (Å²) >= 11 is 0.